The first-order valence-corrected chi connectivity index (χ1v) is 13.6. The first-order valence-electron chi connectivity index (χ1n) is 13.2. The molecule has 0 saturated heterocycles. The Morgan fingerprint density at radius 1 is 1.03 bits per heavy atom. The summed E-state index contributed by atoms with van der Waals surface area (Å²) in [4.78, 5) is 12.9. The van der Waals surface area contributed by atoms with Crippen LogP contribution in [0.25, 0.3) is 0 Å². The Labute approximate surface area is 224 Å². The molecule has 0 bridgehead atoms. The molecule has 0 aromatic heterocycles. The molecule has 2 aromatic carbocycles. The van der Waals surface area contributed by atoms with Crippen LogP contribution in [0.3, 0.4) is 0 Å². The minimum Gasteiger partial charge on any atom is -0.497 e. The van der Waals surface area contributed by atoms with E-state index in [4.69, 9.17) is 21.7 Å². The molecule has 2 fully saturated rings. The second kappa shape index (κ2) is 10.1. The van der Waals surface area contributed by atoms with Crippen molar-refractivity contribution in [3.05, 3.63) is 53.6 Å². The third-order valence-electron chi connectivity index (χ3n) is 9.37. The van der Waals surface area contributed by atoms with Crippen LogP contribution in [-0.2, 0) is 11.2 Å². The van der Waals surface area contributed by atoms with Crippen molar-refractivity contribution in [2.24, 2.45) is 17.3 Å². The Morgan fingerprint density at radius 3 is 2.49 bits per heavy atom. The van der Waals surface area contributed by atoms with Gasteiger partial charge in [-0.15, -0.1) is 0 Å². The van der Waals surface area contributed by atoms with Gasteiger partial charge in [0, 0.05) is 5.69 Å². The number of carbonyl (C=O) groups is 1. The number of aryl methyl sites for hydroxylation is 1. The van der Waals surface area contributed by atoms with Crippen LogP contribution in [0.4, 0.5) is 5.69 Å². The summed E-state index contributed by atoms with van der Waals surface area (Å²) in [6, 6.07) is 13.8. The van der Waals surface area contributed by atoms with Crippen molar-refractivity contribution < 1.29 is 19.4 Å². The van der Waals surface area contributed by atoms with E-state index < -0.39 is 5.60 Å². The van der Waals surface area contributed by atoms with Gasteiger partial charge in [-0.3, -0.25) is 15.6 Å². The molecule has 37 heavy (non-hydrogen) atoms. The van der Waals surface area contributed by atoms with Gasteiger partial charge in [0.15, 0.2) is 5.11 Å². The molecule has 8 heteroatoms. The third-order valence-corrected chi connectivity index (χ3v) is 9.58. The van der Waals surface area contributed by atoms with Gasteiger partial charge in [-0.1, -0.05) is 13.0 Å². The van der Waals surface area contributed by atoms with Crippen LogP contribution < -0.4 is 25.6 Å². The normalized spacial score (nSPS) is 29.8. The lowest BCUT2D eigenvalue weighted by Gasteiger charge is -2.53. The maximum absolute atomic E-state index is 12.9. The van der Waals surface area contributed by atoms with Gasteiger partial charge >= 0.3 is 0 Å². The second-order valence-electron chi connectivity index (χ2n) is 11.0. The van der Waals surface area contributed by atoms with Gasteiger partial charge in [0.1, 0.15) is 11.5 Å². The highest BCUT2D eigenvalue weighted by Crippen LogP contribution is 2.65. The maximum Gasteiger partial charge on any atom is 0.241 e. The highest BCUT2D eigenvalue weighted by Gasteiger charge is 2.61. The van der Waals surface area contributed by atoms with E-state index in [1.54, 1.807) is 14.2 Å². The lowest BCUT2D eigenvalue weighted by Crippen LogP contribution is -2.54. The minimum atomic E-state index is -1.03. The van der Waals surface area contributed by atoms with E-state index >= 15 is 0 Å². The van der Waals surface area contributed by atoms with E-state index in [2.05, 4.69) is 41.3 Å². The summed E-state index contributed by atoms with van der Waals surface area (Å²) in [5.74, 6) is 2.88. The van der Waals surface area contributed by atoms with Crippen LogP contribution >= 0.6 is 12.2 Å². The van der Waals surface area contributed by atoms with Gasteiger partial charge in [-0.05, 0) is 121 Å². The standard InChI is InChI=1S/C29H37N3O4S/c1-28-14-12-23-22-11-9-21(36-3)16-18(22)4-10-24(23)25(28)13-15-29(28,34)17-26(33)31-32-27(37)30-19-5-7-20(35-2)8-6-19/h5-9,11,16,23-25,34H,4,10,12-15,17H2,1-3H3,(H,31,33)(H2,30,32,37)/t23-,24-,25+,28+,29-/m1/s1. The van der Waals surface area contributed by atoms with Crippen molar-refractivity contribution in [3.63, 3.8) is 0 Å². The number of nitrogens with one attached hydrogen (secondary N) is 3. The Kier molecular flexibility index (Phi) is 7.07. The van der Waals surface area contributed by atoms with E-state index in [9.17, 15) is 9.90 Å². The molecule has 2 aromatic rings. The molecule has 1 amide bonds. The summed E-state index contributed by atoms with van der Waals surface area (Å²) in [6.07, 6.45) is 5.78. The summed E-state index contributed by atoms with van der Waals surface area (Å²) < 4.78 is 10.6. The van der Waals surface area contributed by atoms with Crippen molar-refractivity contribution in [2.45, 2.75) is 63.4 Å². The van der Waals surface area contributed by atoms with E-state index in [1.807, 2.05) is 24.3 Å². The summed E-state index contributed by atoms with van der Waals surface area (Å²) >= 11 is 5.31. The van der Waals surface area contributed by atoms with E-state index in [-0.39, 0.29) is 22.9 Å². The van der Waals surface area contributed by atoms with E-state index in [0.717, 1.165) is 49.3 Å². The molecular formula is C29H37N3O4S. The number of hydrogen-bond donors (Lipinski definition) is 4. The first-order chi connectivity index (χ1) is 17.8. The fourth-order valence-corrected chi connectivity index (χ4v) is 7.53. The molecule has 198 valence electrons. The fourth-order valence-electron chi connectivity index (χ4n) is 7.36. The van der Waals surface area contributed by atoms with Crippen LogP contribution in [-0.4, -0.2) is 35.9 Å². The summed E-state index contributed by atoms with van der Waals surface area (Å²) in [5.41, 5.74) is 7.78. The Hall–Kier alpha value is -2.84. The van der Waals surface area contributed by atoms with Crippen LogP contribution in [0, 0.1) is 17.3 Å². The summed E-state index contributed by atoms with van der Waals surface area (Å²) in [5, 5.41) is 15.2. The monoisotopic (exact) mass is 523 g/mol. The predicted octanol–water partition coefficient (Wildman–Crippen LogP) is 4.70. The Balaban J connectivity index is 1.20. The summed E-state index contributed by atoms with van der Waals surface area (Å²) in [6.45, 7) is 2.21. The van der Waals surface area contributed by atoms with Crippen molar-refractivity contribution in [3.8, 4) is 11.5 Å². The minimum absolute atomic E-state index is 0.0589. The number of aliphatic hydroxyl groups is 1. The molecule has 5 rings (SSSR count). The average Bonchev–Trinajstić information content (AvgIpc) is 3.17. The molecule has 7 nitrogen and oxygen atoms in total. The van der Waals surface area contributed by atoms with Gasteiger partial charge in [0.2, 0.25) is 5.91 Å². The number of methoxy groups -OCH3 is 2. The molecule has 3 aliphatic rings. The van der Waals surface area contributed by atoms with Gasteiger partial charge in [-0.2, -0.15) is 0 Å². The topological polar surface area (TPSA) is 91.9 Å². The zero-order valence-corrected chi connectivity index (χ0v) is 22.6. The molecule has 4 N–H and O–H groups in total. The molecule has 0 spiro atoms. The smallest absolute Gasteiger partial charge is 0.241 e. The van der Waals surface area contributed by atoms with Gasteiger partial charge in [-0.25, -0.2) is 0 Å². The lowest BCUT2D eigenvalue weighted by molar-refractivity contribution is -0.140. The number of amides is 1. The molecule has 3 aliphatic carbocycles. The second-order valence-corrected chi connectivity index (χ2v) is 11.4. The maximum atomic E-state index is 12.9. The molecular weight excluding hydrogens is 486 g/mol. The van der Waals surface area contributed by atoms with Crippen molar-refractivity contribution in [2.75, 3.05) is 19.5 Å². The number of anilines is 1. The van der Waals surface area contributed by atoms with E-state index in [0.29, 0.717) is 24.2 Å². The number of hydrazine groups is 1. The van der Waals surface area contributed by atoms with Crippen LogP contribution in [0.5, 0.6) is 11.5 Å². The third kappa shape index (κ3) is 4.77. The highest BCUT2D eigenvalue weighted by atomic mass is 32.1. The van der Waals surface area contributed by atoms with Crippen molar-refractivity contribution >= 4 is 28.9 Å². The highest BCUT2D eigenvalue weighted by molar-refractivity contribution is 7.80. The molecule has 0 unspecified atom stereocenters. The number of rotatable bonds is 5. The number of hydrogen-bond acceptors (Lipinski definition) is 5. The van der Waals surface area contributed by atoms with Crippen molar-refractivity contribution in [1.29, 1.82) is 0 Å². The zero-order chi connectivity index (χ0) is 26.2. The lowest BCUT2D eigenvalue weighted by atomic mass is 9.53. The van der Waals surface area contributed by atoms with Gasteiger partial charge in [0.05, 0.1) is 26.2 Å². The van der Waals surface area contributed by atoms with Crippen LogP contribution in [0.1, 0.15) is 62.5 Å². The fraction of sp³-hybridized carbons (Fsp3) is 0.517. The van der Waals surface area contributed by atoms with E-state index in [1.165, 1.54) is 11.1 Å². The van der Waals surface area contributed by atoms with Crippen LogP contribution in [0.2, 0.25) is 0 Å². The number of ether oxygens (including phenoxy) is 2. The number of benzene rings is 2. The number of carbonyl (C=O) groups excluding carboxylic acids is 1. The molecule has 0 heterocycles. The van der Waals surface area contributed by atoms with Crippen molar-refractivity contribution in [1.82, 2.24) is 10.9 Å². The first kappa shape index (κ1) is 25.8. The Morgan fingerprint density at radius 2 is 1.76 bits per heavy atom. The van der Waals surface area contributed by atoms with Crippen LogP contribution in [0.15, 0.2) is 42.5 Å². The molecule has 2 saturated carbocycles. The number of thiocarbonyl (C=S) groups is 1. The Bertz CT molecular complexity index is 1170. The molecule has 0 radical (unpaired) electrons. The SMILES string of the molecule is COc1ccc(NC(=S)NNC(=O)C[C@]2(O)CC[C@H]3[C@@H]4CCc5cc(OC)ccc5[C@H]4CC[C@@]32C)cc1. The largest absolute Gasteiger partial charge is 0.497 e. The van der Waals surface area contributed by atoms with Gasteiger partial charge in [0.25, 0.3) is 0 Å². The summed E-state index contributed by atoms with van der Waals surface area (Å²) in [7, 11) is 3.33. The zero-order valence-electron chi connectivity index (χ0n) is 21.8. The molecule has 5 atom stereocenters. The molecule has 0 aliphatic heterocycles. The quantitative estimate of drug-likeness (QED) is 0.334. The predicted molar refractivity (Wildman–Crippen MR) is 148 cm³/mol. The number of fused-ring (bicyclic) bond motifs is 5. The van der Waals surface area contributed by atoms with Gasteiger partial charge < -0.3 is 19.9 Å². The average molecular weight is 524 g/mol.